The Morgan fingerprint density at radius 1 is 1.25 bits per heavy atom. The lowest BCUT2D eigenvalue weighted by Gasteiger charge is -2.05. The molecule has 0 bridgehead atoms. The number of aromatic nitrogens is 1. The fourth-order valence-electron chi connectivity index (χ4n) is 2.33. The van der Waals surface area contributed by atoms with E-state index in [1.165, 1.54) is 0 Å². The van der Waals surface area contributed by atoms with Crippen LogP contribution in [0.2, 0.25) is 0 Å². The molecule has 6 heteroatoms. The first kappa shape index (κ1) is 16.0. The number of aryl methyl sites for hydroxylation is 1. The first-order valence-electron chi connectivity index (χ1n) is 7.69. The molecule has 1 amide bonds. The maximum absolute atomic E-state index is 10.9. The van der Waals surface area contributed by atoms with Crippen LogP contribution in [0.3, 0.4) is 0 Å². The summed E-state index contributed by atoms with van der Waals surface area (Å²) in [6.45, 7) is 2.42. The summed E-state index contributed by atoms with van der Waals surface area (Å²) < 4.78 is 11.3. The Labute approximate surface area is 139 Å². The lowest BCUT2D eigenvalue weighted by Crippen LogP contribution is -2.18. The van der Waals surface area contributed by atoms with Crippen LogP contribution in [0.25, 0.3) is 22.6 Å². The van der Waals surface area contributed by atoms with E-state index in [1.54, 1.807) is 5.48 Å². The van der Waals surface area contributed by atoms with Gasteiger partial charge in [0.1, 0.15) is 11.3 Å². The van der Waals surface area contributed by atoms with Gasteiger partial charge in [0.2, 0.25) is 11.8 Å². The third kappa shape index (κ3) is 3.72. The van der Waals surface area contributed by atoms with Crippen molar-refractivity contribution >= 4 is 17.0 Å². The summed E-state index contributed by atoms with van der Waals surface area (Å²) in [5, 5.41) is 8.40. The van der Waals surface area contributed by atoms with Gasteiger partial charge in [0.15, 0.2) is 5.58 Å². The van der Waals surface area contributed by atoms with Gasteiger partial charge in [-0.15, -0.1) is 0 Å². The van der Waals surface area contributed by atoms with Crippen molar-refractivity contribution in [3.05, 3.63) is 48.0 Å². The number of oxazole rings is 1. The molecule has 124 valence electrons. The smallest absolute Gasteiger partial charge is 0.243 e. The minimum Gasteiger partial charge on any atom is -0.494 e. The molecule has 0 aliphatic heterocycles. The number of nitrogens with one attached hydrogen (secondary N) is 1. The summed E-state index contributed by atoms with van der Waals surface area (Å²) in [7, 11) is 0. The van der Waals surface area contributed by atoms with Gasteiger partial charge >= 0.3 is 0 Å². The van der Waals surface area contributed by atoms with Gasteiger partial charge < -0.3 is 9.15 Å². The Morgan fingerprint density at radius 2 is 2.04 bits per heavy atom. The van der Waals surface area contributed by atoms with Crippen LogP contribution in [0.15, 0.2) is 46.9 Å². The SMILES string of the molecule is Cc1ccc2oc(-c3ccc(OCCCC(=O)NO)cc3)nc2c1. The maximum Gasteiger partial charge on any atom is 0.243 e. The summed E-state index contributed by atoms with van der Waals surface area (Å²) in [6, 6.07) is 13.3. The highest BCUT2D eigenvalue weighted by atomic mass is 16.5. The topological polar surface area (TPSA) is 84.6 Å². The average molecular weight is 326 g/mol. The summed E-state index contributed by atoms with van der Waals surface area (Å²) >= 11 is 0. The van der Waals surface area contributed by atoms with E-state index in [0.29, 0.717) is 24.7 Å². The van der Waals surface area contributed by atoms with Gasteiger partial charge in [0.25, 0.3) is 0 Å². The van der Waals surface area contributed by atoms with Crippen molar-refractivity contribution in [3.63, 3.8) is 0 Å². The number of rotatable bonds is 6. The van der Waals surface area contributed by atoms with Crippen LogP contribution in [0.1, 0.15) is 18.4 Å². The van der Waals surface area contributed by atoms with Gasteiger partial charge in [-0.3, -0.25) is 10.0 Å². The molecule has 1 aromatic heterocycles. The van der Waals surface area contributed by atoms with Crippen LogP contribution in [0.5, 0.6) is 5.75 Å². The molecule has 24 heavy (non-hydrogen) atoms. The largest absolute Gasteiger partial charge is 0.494 e. The van der Waals surface area contributed by atoms with Crippen LogP contribution >= 0.6 is 0 Å². The number of carbonyl (C=O) groups excluding carboxylic acids is 1. The zero-order chi connectivity index (χ0) is 16.9. The molecule has 0 saturated carbocycles. The first-order valence-corrected chi connectivity index (χ1v) is 7.69. The van der Waals surface area contributed by atoms with E-state index in [1.807, 2.05) is 49.4 Å². The van der Waals surface area contributed by atoms with Crippen molar-refractivity contribution in [1.29, 1.82) is 0 Å². The maximum atomic E-state index is 10.9. The third-order valence-corrected chi connectivity index (χ3v) is 3.59. The molecule has 0 fully saturated rings. The van der Waals surface area contributed by atoms with Crippen molar-refractivity contribution in [2.45, 2.75) is 19.8 Å². The normalized spacial score (nSPS) is 10.8. The van der Waals surface area contributed by atoms with Crippen molar-refractivity contribution in [2.24, 2.45) is 0 Å². The fraction of sp³-hybridized carbons (Fsp3) is 0.222. The van der Waals surface area contributed by atoms with Gasteiger partial charge in [-0.2, -0.15) is 0 Å². The second kappa shape index (κ2) is 7.14. The zero-order valence-corrected chi connectivity index (χ0v) is 13.3. The second-order valence-corrected chi connectivity index (χ2v) is 5.50. The Balaban J connectivity index is 1.64. The van der Waals surface area contributed by atoms with E-state index in [9.17, 15) is 4.79 Å². The molecule has 0 spiro atoms. The van der Waals surface area contributed by atoms with Crippen LogP contribution in [-0.4, -0.2) is 22.7 Å². The van der Waals surface area contributed by atoms with E-state index >= 15 is 0 Å². The molecular weight excluding hydrogens is 308 g/mol. The Bertz CT molecular complexity index is 840. The number of carbonyl (C=O) groups is 1. The van der Waals surface area contributed by atoms with Gasteiger partial charge in [-0.1, -0.05) is 6.07 Å². The summed E-state index contributed by atoms with van der Waals surface area (Å²) in [4.78, 5) is 15.4. The van der Waals surface area contributed by atoms with E-state index in [4.69, 9.17) is 14.4 Å². The summed E-state index contributed by atoms with van der Waals surface area (Å²) in [6.07, 6.45) is 0.746. The highest BCUT2D eigenvalue weighted by molar-refractivity contribution is 5.77. The van der Waals surface area contributed by atoms with Gasteiger partial charge in [0.05, 0.1) is 6.61 Å². The molecule has 0 atom stereocenters. The monoisotopic (exact) mass is 326 g/mol. The molecule has 0 unspecified atom stereocenters. The highest BCUT2D eigenvalue weighted by Gasteiger charge is 2.08. The zero-order valence-electron chi connectivity index (χ0n) is 13.3. The predicted octanol–water partition coefficient (Wildman–Crippen LogP) is 3.47. The molecule has 1 heterocycles. The Morgan fingerprint density at radius 3 is 2.79 bits per heavy atom. The van der Waals surface area contributed by atoms with Crippen molar-refractivity contribution in [2.75, 3.05) is 6.61 Å². The van der Waals surface area contributed by atoms with E-state index < -0.39 is 5.91 Å². The lowest BCUT2D eigenvalue weighted by molar-refractivity contribution is -0.129. The molecule has 2 aromatic carbocycles. The molecule has 0 saturated heterocycles. The highest BCUT2D eigenvalue weighted by Crippen LogP contribution is 2.26. The number of ether oxygens (including phenoxy) is 1. The third-order valence-electron chi connectivity index (χ3n) is 3.59. The van der Waals surface area contributed by atoms with E-state index in [0.717, 1.165) is 22.2 Å². The molecule has 3 rings (SSSR count). The number of nitrogens with zero attached hydrogens (tertiary/aromatic N) is 1. The standard InChI is InChI=1S/C18H18N2O4/c1-12-4-9-16-15(11-12)19-18(24-16)13-5-7-14(8-6-13)23-10-2-3-17(21)20-22/h4-9,11,22H,2-3,10H2,1H3,(H,20,21). The molecule has 6 nitrogen and oxygen atoms in total. The van der Waals surface area contributed by atoms with Gasteiger partial charge in [0, 0.05) is 12.0 Å². The molecule has 0 aliphatic carbocycles. The Hall–Kier alpha value is -2.86. The first-order chi connectivity index (χ1) is 11.7. The average Bonchev–Trinajstić information content (AvgIpc) is 3.02. The number of hydroxylamine groups is 1. The summed E-state index contributed by atoms with van der Waals surface area (Å²) in [5.41, 5.74) is 5.21. The van der Waals surface area contributed by atoms with Crippen LogP contribution in [0, 0.1) is 6.92 Å². The molecule has 0 aliphatic rings. The molecule has 3 aromatic rings. The quantitative estimate of drug-likeness (QED) is 0.412. The number of hydrogen-bond donors (Lipinski definition) is 2. The van der Waals surface area contributed by atoms with Crippen molar-refractivity contribution < 1.29 is 19.2 Å². The van der Waals surface area contributed by atoms with E-state index in [-0.39, 0.29) is 6.42 Å². The number of benzene rings is 2. The van der Waals surface area contributed by atoms with Gasteiger partial charge in [-0.05, 0) is 55.3 Å². The Kier molecular flexibility index (Phi) is 4.77. The fourth-order valence-corrected chi connectivity index (χ4v) is 2.33. The van der Waals surface area contributed by atoms with Gasteiger partial charge in [-0.25, -0.2) is 10.5 Å². The van der Waals surface area contributed by atoms with Crippen LogP contribution in [0.4, 0.5) is 0 Å². The van der Waals surface area contributed by atoms with Crippen LogP contribution in [-0.2, 0) is 4.79 Å². The number of fused-ring (bicyclic) bond motifs is 1. The minimum atomic E-state index is -0.417. The van der Waals surface area contributed by atoms with E-state index in [2.05, 4.69) is 4.98 Å². The lowest BCUT2D eigenvalue weighted by atomic mass is 10.2. The number of amides is 1. The van der Waals surface area contributed by atoms with Crippen molar-refractivity contribution in [1.82, 2.24) is 10.5 Å². The molecule has 2 N–H and O–H groups in total. The molecule has 0 radical (unpaired) electrons. The van der Waals surface area contributed by atoms with Crippen LogP contribution < -0.4 is 10.2 Å². The minimum absolute atomic E-state index is 0.219. The molecular formula is C18H18N2O4. The summed E-state index contributed by atoms with van der Waals surface area (Å²) in [5.74, 6) is 0.858. The predicted molar refractivity (Wildman–Crippen MR) is 88.8 cm³/mol. The second-order valence-electron chi connectivity index (χ2n) is 5.50. The number of hydrogen-bond acceptors (Lipinski definition) is 5. The van der Waals surface area contributed by atoms with Crippen molar-refractivity contribution in [3.8, 4) is 17.2 Å².